The molecule has 0 fully saturated rings. The molecule has 1 aliphatic heterocycles. The molecule has 0 radical (unpaired) electrons. The monoisotopic (exact) mass is 310 g/mol. The van der Waals surface area contributed by atoms with Crippen LogP contribution in [0.1, 0.15) is 22.8 Å². The highest BCUT2D eigenvalue weighted by molar-refractivity contribution is 6.12. The normalized spacial score (nSPS) is 16.0. The first-order valence-corrected chi connectivity index (χ1v) is 7.56. The lowest BCUT2D eigenvalue weighted by molar-refractivity contribution is -0.119. The Hall–Kier alpha value is -2.82. The Morgan fingerprint density at radius 2 is 1.87 bits per heavy atom. The first-order valence-electron chi connectivity index (χ1n) is 7.56. The number of carbonyl (C=O) groups is 2. The van der Waals surface area contributed by atoms with Crippen LogP contribution in [0.4, 0.5) is 5.69 Å². The van der Waals surface area contributed by atoms with Gasteiger partial charge in [-0.15, -0.1) is 0 Å². The van der Waals surface area contributed by atoms with Gasteiger partial charge in [-0.25, -0.2) is 0 Å². The summed E-state index contributed by atoms with van der Waals surface area (Å²) >= 11 is 0. The molecule has 5 heteroatoms. The van der Waals surface area contributed by atoms with Crippen LogP contribution in [0.15, 0.2) is 48.5 Å². The number of rotatable bonds is 4. The summed E-state index contributed by atoms with van der Waals surface area (Å²) in [6, 6.07) is 13.8. The third kappa shape index (κ3) is 2.65. The second-order valence-electron chi connectivity index (χ2n) is 5.36. The SMILES string of the molecule is CCOc1ccccc1C(=O)N1c2ccccc2CC1C(N)=O. The fourth-order valence-electron chi connectivity index (χ4n) is 2.92. The lowest BCUT2D eigenvalue weighted by atomic mass is 10.1. The maximum atomic E-state index is 13.1. The molecular weight excluding hydrogens is 292 g/mol. The maximum absolute atomic E-state index is 13.1. The van der Waals surface area contributed by atoms with Crippen molar-refractivity contribution in [1.29, 1.82) is 0 Å². The van der Waals surface area contributed by atoms with E-state index in [1.54, 1.807) is 18.2 Å². The zero-order chi connectivity index (χ0) is 16.4. The van der Waals surface area contributed by atoms with Gasteiger partial charge in [-0.2, -0.15) is 0 Å². The molecule has 1 unspecified atom stereocenters. The second kappa shape index (κ2) is 6.12. The summed E-state index contributed by atoms with van der Waals surface area (Å²) in [5, 5.41) is 0. The summed E-state index contributed by atoms with van der Waals surface area (Å²) in [4.78, 5) is 26.4. The van der Waals surface area contributed by atoms with E-state index in [0.717, 1.165) is 11.3 Å². The molecule has 118 valence electrons. The molecule has 0 bridgehead atoms. The van der Waals surface area contributed by atoms with Crippen molar-refractivity contribution in [3.8, 4) is 5.75 Å². The van der Waals surface area contributed by atoms with Gasteiger partial charge in [0.25, 0.3) is 5.91 Å². The van der Waals surface area contributed by atoms with Gasteiger partial charge in [0, 0.05) is 12.1 Å². The van der Waals surface area contributed by atoms with E-state index in [9.17, 15) is 9.59 Å². The van der Waals surface area contributed by atoms with E-state index < -0.39 is 11.9 Å². The van der Waals surface area contributed by atoms with Crippen molar-refractivity contribution < 1.29 is 14.3 Å². The van der Waals surface area contributed by atoms with Gasteiger partial charge in [0.05, 0.1) is 12.2 Å². The van der Waals surface area contributed by atoms with Crippen molar-refractivity contribution in [2.24, 2.45) is 5.73 Å². The highest BCUT2D eigenvalue weighted by atomic mass is 16.5. The average molecular weight is 310 g/mol. The molecule has 1 heterocycles. The van der Waals surface area contributed by atoms with Crippen molar-refractivity contribution in [2.45, 2.75) is 19.4 Å². The number of fused-ring (bicyclic) bond motifs is 1. The zero-order valence-corrected chi connectivity index (χ0v) is 12.9. The van der Waals surface area contributed by atoms with E-state index in [2.05, 4.69) is 0 Å². The van der Waals surface area contributed by atoms with E-state index >= 15 is 0 Å². The summed E-state index contributed by atoms with van der Waals surface area (Å²) in [6.45, 7) is 2.32. The Bertz CT molecular complexity index is 757. The fraction of sp³-hybridized carbons (Fsp3) is 0.222. The number of benzene rings is 2. The molecule has 0 aromatic heterocycles. The van der Waals surface area contributed by atoms with Crippen LogP contribution in [0, 0.1) is 0 Å². The maximum Gasteiger partial charge on any atom is 0.262 e. The molecule has 2 aromatic rings. The number of hydrogen-bond acceptors (Lipinski definition) is 3. The third-order valence-corrected chi connectivity index (χ3v) is 3.94. The van der Waals surface area contributed by atoms with Gasteiger partial charge in [-0.3, -0.25) is 14.5 Å². The largest absolute Gasteiger partial charge is 0.493 e. The minimum Gasteiger partial charge on any atom is -0.493 e. The Labute approximate surface area is 134 Å². The number of ether oxygens (including phenoxy) is 1. The summed E-state index contributed by atoms with van der Waals surface area (Å²) in [5.41, 5.74) is 7.62. The topological polar surface area (TPSA) is 72.6 Å². The van der Waals surface area contributed by atoms with E-state index in [1.165, 1.54) is 4.90 Å². The third-order valence-electron chi connectivity index (χ3n) is 3.94. The molecular formula is C18H18N2O3. The van der Waals surface area contributed by atoms with E-state index in [-0.39, 0.29) is 5.91 Å². The number of anilines is 1. The summed E-state index contributed by atoms with van der Waals surface area (Å²) in [5.74, 6) is -0.279. The smallest absolute Gasteiger partial charge is 0.262 e. The van der Waals surface area contributed by atoms with Crippen LogP contribution in [-0.4, -0.2) is 24.5 Å². The first-order chi connectivity index (χ1) is 11.1. The molecule has 2 amide bonds. The molecule has 2 aromatic carbocycles. The van der Waals surface area contributed by atoms with Gasteiger partial charge < -0.3 is 10.5 Å². The van der Waals surface area contributed by atoms with E-state index in [0.29, 0.717) is 24.3 Å². The summed E-state index contributed by atoms with van der Waals surface area (Å²) in [7, 11) is 0. The highest BCUT2D eigenvalue weighted by Gasteiger charge is 2.38. The van der Waals surface area contributed by atoms with Gasteiger partial charge in [0.15, 0.2) is 0 Å². The predicted molar refractivity (Wildman–Crippen MR) is 87.5 cm³/mol. The minimum atomic E-state index is -0.672. The van der Waals surface area contributed by atoms with E-state index in [4.69, 9.17) is 10.5 Å². The van der Waals surface area contributed by atoms with Crippen LogP contribution < -0.4 is 15.4 Å². The van der Waals surface area contributed by atoms with Gasteiger partial charge in [0.2, 0.25) is 5.91 Å². The van der Waals surface area contributed by atoms with Crippen molar-refractivity contribution in [3.05, 3.63) is 59.7 Å². The number of nitrogens with two attached hydrogens (primary N) is 1. The average Bonchev–Trinajstić information content (AvgIpc) is 2.95. The van der Waals surface area contributed by atoms with Crippen LogP contribution in [0.5, 0.6) is 5.75 Å². The van der Waals surface area contributed by atoms with Gasteiger partial charge in [0.1, 0.15) is 11.8 Å². The Balaban J connectivity index is 2.05. The van der Waals surface area contributed by atoms with Gasteiger partial charge in [-0.1, -0.05) is 30.3 Å². The summed E-state index contributed by atoms with van der Waals surface area (Å²) < 4.78 is 5.54. The number of nitrogens with zero attached hydrogens (tertiary/aromatic N) is 1. The van der Waals surface area contributed by atoms with Crippen LogP contribution in [0.25, 0.3) is 0 Å². The highest BCUT2D eigenvalue weighted by Crippen LogP contribution is 2.34. The molecule has 23 heavy (non-hydrogen) atoms. The second-order valence-corrected chi connectivity index (χ2v) is 5.36. The van der Waals surface area contributed by atoms with Gasteiger partial charge in [-0.05, 0) is 30.7 Å². The molecule has 3 rings (SSSR count). The number of para-hydroxylation sites is 2. The molecule has 1 atom stereocenters. The molecule has 0 spiro atoms. The Morgan fingerprint density at radius 3 is 2.61 bits per heavy atom. The molecule has 0 aliphatic carbocycles. The zero-order valence-electron chi connectivity index (χ0n) is 12.9. The van der Waals surface area contributed by atoms with Crippen molar-refractivity contribution in [3.63, 3.8) is 0 Å². The summed E-state index contributed by atoms with van der Waals surface area (Å²) in [6.07, 6.45) is 0.439. The standard InChI is InChI=1S/C18H18N2O3/c1-2-23-16-10-6-4-8-13(16)18(22)20-14-9-5-3-7-12(14)11-15(20)17(19)21/h3-10,15H,2,11H2,1H3,(H2,19,21). The van der Waals surface area contributed by atoms with E-state index in [1.807, 2.05) is 37.3 Å². The molecule has 0 saturated carbocycles. The van der Waals surface area contributed by atoms with Crippen molar-refractivity contribution >= 4 is 17.5 Å². The van der Waals surface area contributed by atoms with Crippen LogP contribution >= 0.6 is 0 Å². The Morgan fingerprint density at radius 1 is 1.17 bits per heavy atom. The predicted octanol–water partition coefficient (Wildman–Crippen LogP) is 2.14. The number of primary amides is 1. The number of hydrogen-bond donors (Lipinski definition) is 1. The van der Waals surface area contributed by atoms with Crippen molar-refractivity contribution in [2.75, 3.05) is 11.5 Å². The molecule has 2 N–H and O–H groups in total. The fourth-order valence-corrected chi connectivity index (χ4v) is 2.92. The molecule has 0 saturated heterocycles. The quantitative estimate of drug-likeness (QED) is 0.940. The molecule has 5 nitrogen and oxygen atoms in total. The number of amides is 2. The lowest BCUT2D eigenvalue weighted by Crippen LogP contribution is -2.46. The molecule has 1 aliphatic rings. The first kappa shape index (κ1) is 15.1. The van der Waals surface area contributed by atoms with Crippen LogP contribution in [0.3, 0.4) is 0 Å². The van der Waals surface area contributed by atoms with Crippen molar-refractivity contribution in [1.82, 2.24) is 0 Å². The van der Waals surface area contributed by atoms with Crippen LogP contribution in [0.2, 0.25) is 0 Å². The van der Waals surface area contributed by atoms with Gasteiger partial charge >= 0.3 is 0 Å². The Kier molecular flexibility index (Phi) is 4.02. The lowest BCUT2D eigenvalue weighted by Gasteiger charge is -2.24. The minimum absolute atomic E-state index is 0.275. The van der Waals surface area contributed by atoms with Crippen LogP contribution in [-0.2, 0) is 11.2 Å². The number of carbonyl (C=O) groups excluding carboxylic acids is 2.